The van der Waals surface area contributed by atoms with Crippen LogP contribution < -0.4 is 5.32 Å². The van der Waals surface area contributed by atoms with Crippen LogP contribution in [-0.2, 0) is 6.42 Å². The summed E-state index contributed by atoms with van der Waals surface area (Å²) in [4.78, 5) is 4.41. The lowest BCUT2D eigenvalue weighted by Crippen LogP contribution is -2.19. The molecule has 1 unspecified atom stereocenters. The molecule has 0 aliphatic carbocycles. The van der Waals surface area contributed by atoms with E-state index >= 15 is 0 Å². The van der Waals surface area contributed by atoms with Crippen LogP contribution in [0, 0.1) is 6.92 Å². The third kappa shape index (κ3) is 3.78. The number of nitrogens with one attached hydrogen (secondary N) is 1. The number of likely N-dealkylation sites (N-methyl/N-ethyl adjacent to an activating group) is 1. The quantitative estimate of drug-likeness (QED) is 0.898. The lowest BCUT2D eigenvalue weighted by molar-refractivity contribution is 0.584. The molecule has 0 bridgehead atoms. The normalized spacial score (nSPS) is 12.4. The van der Waals surface area contributed by atoms with Gasteiger partial charge in [0, 0.05) is 33.8 Å². The molecule has 1 atom stereocenters. The Bertz CT molecular complexity index is 555. The maximum absolute atomic E-state index is 6.19. The van der Waals surface area contributed by atoms with Crippen molar-refractivity contribution in [2.45, 2.75) is 19.4 Å². The van der Waals surface area contributed by atoms with Crippen molar-refractivity contribution >= 4 is 27.5 Å². The standard InChI is InChI=1S/C15H16BrClN2/c1-10-3-4-11(7-14(10)17)15(18-2)8-13-6-5-12(16)9-19-13/h3-7,9,15,18H,8H2,1-2H3. The Kier molecular flexibility index (Phi) is 4.97. The van der Waals surface area contributed by atoms with Gasteiger partial charge in [0.2, 0.25) is 0 Å². The summed E-state index contributed by atoms with van der Waals surface area (Å²) in [5.41, 5.74) is 3.34. The lowest BCUT2D eigenvalue weighted by atomic mass is 10.0. The van der Waals surface area contributed by atoms with Crippen LogP contribution in [0.1, 0.15) is 22.9 Å². The third-order valence-corrected chi connectivity index (χ3v) is 4.02. The minimum atomic E-state index is 0.215. The molecule has 1 heterocycles. The highest BCUT2D eigenvalue weighted by atomic mass is 79.9. The van der Waals surface area contributed by atoms with E-state index in [0.29, 0.717) is 0 Å². The van der Waals surface area contributed by atoms with Gasteiger partial charge in [-0.25, -0.2) is 0 Å². The molecule has 2 aromatic rings. The summed E-state index contributed by atoms with van der Waals surface area (Å²) in [6.07, 6.45) is 2.66. The van der Waals surface area contributed by atoms with Crippen LogP contribution in [0.25, 0.3) is 0 Å². The Balaban J connectivity index is 2.19. The molecule has 2 nitrogen and oxygen atoms in total. The number of rotatable bonds is 4. The third-order valence-electron chi connectivity index (χ3n) is 3.15. The number of halogens is 2. The maximum atomic E-state index is 6.19. The average Bonchev–Trinajstić information content (AvgIpc) is 2.41. The topological polar surface area (TPSA) is 24.9 Å². The summed E-state index contributed by atoms with van der Waals surface area (Å²) < 4.78 is 0.996. The predicted octanol–water partition coefficient (Wildman–Crippen LogP) is 4.31. The van der Waals surface area contributed by atoms with E-state index in [1.807, 2.05) is 38.4 Å². The number of benzene rings is 1. The van der Waals surface area contributed by atoms with Gasteiger partial charge >= 0.3 is 0 Å². The van der Waals surface area contributed by atoms with E-state index in [1.165, 1.54) is 5.56 Å². The first kappa shape index (κ1) is 14.5. The van der Waals surface area contributed by atoms with Crippen molar-refractivity contribution in [2.75, 3.05) is 7.05 Å². The fraction of sp³-hybridized carbons (Fsp3) is 0.267. The molecule has 1 aromatic heterocycles. The average molecular weight is 340 g/mol. The zero-order valence-corrected chi connectivity index (χ0v) is 13.3. The van der Waals surface area contributed by atoms with E-state index in [-0.39, 0.29) is 6.04 Å². The van der Waals surface area contributed by atoms with Crippen molar-refractivity contribution in [2.24, 2.45) is 0 Å². The molecule has 0 saturated carbocycles. The highest BCUT2D eigenvalue weighted by Gasteiger charge is 2.12. The van der Waals surface area contributed by atoms with Crippen LogP contribution in [0.15, 0.2) is 41.0 Å². The van der Waals surface area contributed by atoms with Crippen molar-refractivity contribution in [3.63, 3.8) is 0 Å². The van der Waals surface area contributed by atoms with Gasteiger partial charge in [-0.3, -0.25) is 4.98 Å². The van der Waals surface area contributed by atoms with E-state index in [9.17, 15) is 0 Å². The number of hydrogen-bond donors (Lipinski definition) is 1. The molecule has 0 spiro atoms. The number of hydrogen-bond acceptors (Lipinski definition) is 2. The zero-order valence-electron chi connectivity index (χ0n) is 11.0. The molecule has 1 aromatic carbocycles. The van der Waals surface area contributed by atoms with E-state index < -0.39 is 0 Å². The summed E-state index contributed by atoms with van der Waals surface area (Å²) in [7, 11) is 1.96. The summed E-state index contributed by atoms with van der Waals surface area (Å²) >= 11 is 9.58. The van der Waals surface area contributed by atoms with Gasteiger partial charge in [0.05, 0.1) is 0 Å². The van der Waals surface area contributed by atoms with Crippen LogP contribution in [0.5, 0.6) is 0 Å². The first-order valence-corrected chi connectivity index (χ1v) is 7.31. The first-order valence-electron chi connectivity index (χ1n) is 6.14. The summed E-state index contributed by atoms with van der Waals surface area (Å²) in [5, 5.41) is 4.12. The Morgan fingerprint density at radius 3 is 2.68 bits per heavy atom. The molecule has 0 radical (unpaired) electrons. The Hall–Kier alpha value is -0.900. The van der Waals surface area contributed by atoms with E-state index in [0.717, 1.165) is 27.2 Å². The smallest absolute Gasteiger partial charge is 0.0438 e. The molecular weight excluding hydrogens is 324 g/mol. The van der Waals surface area contributed by atoms with Crippen LogP contribution in [0.2, 0.25) is 5.02 Å². The maximum Gasteiger partial charge on any atom is 0.0438 e. The van der Waals surface area contributed by atoms with Crippen molar-refractivity contribution in [3.8, 4) is 0 Å². The van der Waals surface area contributed by atoms with Crippen LogP contribution in [0.4, 0.5) is 0 Å². The second-order valence-corrected chi connectivity index (χ2v) is 5.84. The van der Waals surface area contributed by atoms with Crippen molar-refractivity contribution in [1.82, 2.24) is 10.3 Å². The van der Waals surface area contributed by atoms with Gasteiger partial charge < -0.3 is 5.32 Å². The van der Waals surface area contributed by atoms with E-state index in [2.05, 4.69) is 38.4 Å². The van der Waals surface area contributed by atoms with Gasteiger partial charge in [0.15, 0.2) is 0 Å². The van der Waals surface area contributed by atoms with Gasteiger partial charge in [-0.15, -0.1) is 0 Å². The van der Waals surface area contributed by atoms with Crippen LogP contribution >= 0.6 is 27.5 Å². The largest absolute Gasteiger partial charge is 0.313 e. The molecule has 1 N–H and O–H groups in total. The lowest BCUT2D eigenvalue weighted by Gasteiger charge is -2.17. The van der Waals surface area contributed by atoms with Crippen molar-refractivity contribution in [1.29, 1.82) is 0 Å². The minimum absolute atomic E-state index is 0.215. The molecule has 0 aliphatic rings. The van der Waals surface area contributed by atoms with E-state index in [1.54, 1.807) is 0 Å². The highest BCUT2D eigenvalue weighted by molar-refractivity contribution is 9.10. The molecule has 4 heteroatoms. The number of aryl methyl sites for hydroxylation is 1. The predicted molar refractivity (Wildman–Crippen MR) is 83.6 cm³/mol. The van der Waals surface area contributed by atoms with Gasteiger partial charge in [-0.05, 0) is 59.2 Å². The second-order valence-electron chi connectivity index (χ2n) is 4.52. The molecule has 0 amide bonds. The van der Waals surface area contributed by atoms with Crippen molar-refractivity contribution in [3.05, 3.63) is 62.8 Å². The molecule has 0 aliphatic heterocycles. The number of aromatic nitrogens is 1. The van der Waals surface area contributed by atoms with Gasteiger partial charge in [-0.1, -0.05) is 23.7 Å². The van der Waals surface area contributed by atoms with Gasteiger partial charge in [-0.2, -0.15) is 0 Å². The summed E-state index contributed by atoms with van der Waals surface area (Å²) in [6.45, 7) is 2.01. The SMILES string of the molecule is CNC(Cc1ccc(Br)cn1)c1ccc(C)c(Cl)c1. The summed E-state index contributed by atoms with van der Waals surface area (Å²) in [6, 6.07) is 10.4. The fourth-order valence-corrected chi connectivity index (χ4v) is 2.37. The first-order chi connectivity index (χ1) is 9.10. The summed E-state index contributed by atoms with van der Waals surface area (Å²) in [5.74, 6) is 0. The Labute approximate surface area is 127 Å². The number of pyridine rings is 1. The van der Waals surface area contributed by atoms with Crippen LogP contribution in [-0.4, -0.2) is 12.0 Å². The molecular formula is C15H16BrClN2. The Morgan fingerprint density at radius 2 is 2.11 bits per heavy atom. The molecule has 100 valence electrons. The monoisotopic (exact) mass is 338 g/mol. The molecule has 2 rings (SSSR count). The highest BCUT2D eigenvalue weighted by Crippen LogP contribution is 2.23. The van der Waals surface area contributed by atoms with Gasteiger partial charge in [0.1, 0.15) is 0 Å². The minimum Gasteiger partial charge on any atom is -0.313 e. The van der Waals surface area contributed by atoms with Crippen LogP contribution in [0.3, 0.4) is 0 Å². The molecule has 19 heavy (non-hydrogen) atoms. The molecule has 0 fully saturated rings. The van der Waals surface area contributed by atoms with Gasteiger partial charge in [0.25, 0.3) is 0 Å². The van der Waals surface area contributed by atoms with Crippen molar-refractivity contribution < 1.29 is 0 Å². The zero-order chi connectivity index (χ0) is 13.8. The van der Waals surface area contributed by atoms with E-state index in [4.69, 9.17) is 11.6 Å². The fourth-order valence-electron chi connectivity index (χ4n) is 1.95. The number of nitrogens with zero attached hydrogens (tertiary/aromatic N) is 1. The Morgan fingerprint density at radius 1 is 1.32 bits per heavy atom. The molecule has 0 saturated heterocycles. The second kappa shape index (κ2) is 6.51.